The number of carboxylic acid groups (broad SMARTS) is 1. The maximum Gasteiger partial charge on any atom is 0.303 e. The van der Waals surface area contributed by atoms with E-state index in [0.29, 0.717) is 18.0 Å². The number of anilines is 1. The third-order valence-electron chi connectivity index (χ3n) is 4.62. The van der Waals surface area contributed by atoms with Crippen molar-refractivity contribution >= 4 is 29.0 Å². The molecule has 0 radical (unpaired) electrons. The van der Waals surface area contributed by atoms with Crippen molar-refractivity contribution in [3.05, 3.63) is 90.5 Å². The average molecular weight is 405 g/mol. The Morgan fingerprint density at radius 1 is 0.862 bits per heavy atom. The molecule has 3 aromatic rings. The lowest BCUT2D eigenvalue weighted by molar-refractivity contribution is -0.137. The highest BCUT2D eigenvalue weighted by Gasteiger charge is 2.13. The number of aliphatic carboxylic acids is 1. The van der Waals surface area contributed by atoms with E-state index >= 15 is 0 Å². The smallest absolute Gasteiger partial charge is 0.303 e. The minimum absolute atomic E-state index is 0.0582. The summed E-state index contributed by atoms with van der Waals surface area (Å²) >= 11 is 5.47. The van der Waals surface area contributed by atoms with Crippen LogP contribution in [0.3, 0.4) is 0 Å². The van der Waals surface area contributed by atoms with Crippen molar-refractivity contribution < 1.29 is 9.90 Å². The van der Waals surface area contributed by atoms with Gasteiger partial charge in [-0.05, 0) is 53.9 Å². The molecule has 0 spiro atoms. The second kappa shape index (κ2) is 10.4. The molecule has 0 saturated heterocycles. The molecule has 0 aliphatic rings. The molecule has 0 aliphatic heterocycles. The highest BCUT2D eigenvalue weighted by atomic mass is 32.1. The first-order valence-electron chi connectivity index (χ1n) is 9.59. The van der Waals surface area contributed by atoms with Crippen molar-refractivity contribution in [3.63, 3.8) is 0 Å². The van der Waals surface area contributed by atoms with Gasteiger partial charge in [0.25, 0.3) is 0 Å². The van der Waals surface area contributed by atoms with Gasteiger partial charge in [-0.1, -0.05) is 72.8 Å². The molecular formula is C24H24N2O2S. The van der Waals surface area contributed by atoms with Gasteiger partial charge < -0.3 is 15.7 Å². The predicted molar refractivity (Wildman–Crippen MR) is 122 cm³/mol. The zero-order chi connectivity index (χ0) is 20.5. The van der Waals surface area contributed by atoms with Crippen LogP contribution in [0.2, 0.25) is 0 Å². The molecule has 3 aromatic carbocycles. The van der Waals surface area contributed by atoms with Gasteiger partial charge in [0, 0.05) is 18.2 Å². The van der Waals surface area contributed by atoms with Gasteiger partial charge in [0.15, 0.2) is 5.11 Å². The van der Waals surface area contributed by atoms with Crippen LogP contribution in [-0.2, 0) is 11.2 Å². The van der Waals surface area contributed by atoms with Crippen molar-refractivity contribution in [2.45, 2.75) is 25.3 Å². The summed E-state index contributed by atoms with van der Waals surface area (Å²) in [5.41, 5.74) is 4.33. The van der Waals surface area contributed by atoms with Crippen LogP contribution in [0, 0.1) is 0 Å². The summed E-state index contributed by atoms with van der Waals surface area (Å²) in [4.78, 5) is 11.0. The Kier molecular flexibility index (Phi) is 7.36. The summed E-state index contributed by atoms with van der Waals surface area (Å²) in [6, 6.07) is 28.2. The van der Waals surface area contributed by atoms with E-state index in [9.17, 15) is 4.79 Å². The number of carbonyl (C=O) groups is 1. The van der Waals surface area contributed by atoms with Gasteiger partial charge in [0.2, 0.25) is 0 Å². The van der Waals surface area contributed by atoms with E-state index in [4.69, 9.17) is 17.3 Å². The van der Waals surface area contributed by atoms with Gasteiger partial charge in [-0.25, -0.2) is 0 Å². The quantitative estimate of drug-likeness (QED) is 0.455. The number of rotatable bonds is 8. The third kappa shape index (κ3) is 6.73. The van der Waals surface area contributed by atoms with Gasteiger partial charge in [-0.15, -0.1) is 0 Å². The molecule has 0 saturated carbocycles. The van der Waals surface area contributed by atoms with Crippen molar-refractivity contribution in [1.29, 1.82) is 0 Å². The molecule has 148 valence electrons. The van der Waals surface area contributed by atoms with Crippen LogP contribution in [0.25, 0.3) is 11.1 Å². The van der Waals surface area contributed by atoms with Crippen molar-refractivity contribution in [2.24, 2.45) is 0 Å². The van der Waals surface area contributed by atoms with Crippen LogP contribution in [0.4, 0.5) is 5.69 Å². The fraction of sp³-hybridized carbons (Fsp3) is 0.167. The molecule has 0 heterocycles. The zero-order valence-electron chi connectivity index (χ0n) is 16.0. The first-order chi connectivity index (χ1) is 14.1. The highest BCUT2D eigenvalue weighted by molar-refractivity contribution is 7.80. The Hall–Kier alpha value is -3.18. The van der Waals surface area contributed by atoms with Crippen molar-refractivity contribution in [3.8, 4) is 11.1 Å². The van der Waals surface area contributed by atoms with Crippen LogP contribution >= 0.6 is 12.2 Å². The lowest BCUT2D eigenvalue weighted by Crippen LogP contribution is -2.39. The van der Waals surface area contributed by atoms with Gasteiger partial charge >= 0.3 is 5.97 Å². The summed E-state index contributed by atoms with van der Waals surface area (Å²) in [5, 5.41) is 16.0. The number of hydrogen-bond acceptors (Lipinski definition) is 2. The first-order valence-corrected chi connectivity index (χ1v) is 10.00. The number of benzene rings is 3. The normalized spacial score (nSPS) is 11.4. The van der Waals surface area contributed by atoms with E-state index in [-0.39, 0.29) is 12.5 Å². The van der Waals surface area contributed by atoms with E-state index in [1.54, 1.807) is 0 Å². The fourth-order valence-corrected chi connectivity index (χ4v) is 3.44. The van der Waals surface area contributed by atoms with Gasteiger partial charge in [0.05, 0.1) is 0 Å². The molecule has 0 aromatic heterocycles. The summed E-state index contributed by atoms with van der Waals surface area (Å²) in [6.07, 6.45) is 1.31. The largest absolute Gasteiger partial charge is 0.481 e. The van der Waals surface area contributed by atoms with E-state index in [1.807, 2.05) is 72.8 Å². The maximum atomic E-state index is 11.0. The fourth-order valence-electron chi connectivity index (χ4n) is 3.15. The monoisotopic (exact) mass is 404 g/mol. The zero-order valence-corrected chi connectivity index (χ0v) is 16.9. The maximum absolute atomic E-state index is 11.0. The molecule has 0 fully saturated rings. The van der Waals surface area contributed by atoms with E-state index in [2.05, 4.69) is 22.8 Å². The highest BCUT2D eigenvalue weighted by Crippen LogP contribution is 2.21. The molecule has 3 N–H and O–H groups in total. The molecule has 1 atom stereocenters. The lowest BCUT2D eigenvalue weighted by Gasteiger charge is -2.21. The molecule has 0 bridgehead atoms. The van der Waals surface area contributed by atoms with Gasteiger partial charge in [0.1, 0.15) is 0 Å². The van der Waals surface area contributed by atoms with Crippen LogP contribution in [-0.4, -0.2) is 22.2 Å². The summed E-state index contributed by atoms with van der Waals surface area (Å²) in [6.45, 7) is 0. The molecular weight excluding hydrogens is 380 g/mol. The second-order valence-corrected chi connectivity index (χ2v) is 7.27. The summed E-state index contributed by atoms with van der Waals surface area (Å²) in [5.74, 6) is -0.805. The molecule has 3 rings (SSSR count). The van der Waals surface area contributed by atoms with E-state index < -0.39 is 5.97 Å². The van der Waals surface area contributed by atoms with Crippen LogP contribution in [0.1, 0.15) is 18.4 Å². The second-order valence-electron chi connectivity index (χ2n) is 6.86. The minimum Gasteiger partial charge on any atom is -0.481 e. The number of nitrogens with one attached hydrogen (secondary N) is 2. The Bertz CT molecular complexity index is 928. The molecule has 5 heteroatoms. The molecule has 0 amide bonds. The lowest BCUT2D eigenvalue weighted by atomic mass is 10.0. The SMILES string of the molecule is O=C(O)CCC(Cc1ccccc1)NC(=S)Nc1ccc(-c2ccccc2)cc1. The topological polar surface area (TPSA) is 61.4 Å². The third-order valence-corrected chi connectivity index (χ3v) is 4.84. The van der Waals surface area contributed by atoms with Crippen LogP contribution in [0.15, 0.2) is 84.9 Å². The first kappa shape index (κ1) is 20.6. The number of thiocarbonyl (C=S) groups is 1. The Labute approximate surface area is 176 Å². The van der Waals surface area contributed by atoms with Gasteiger partial charge in [-0.2, -0.15) is 0 Å². The number of hydrogen-bond donors (Lipinski definition) is 3. The van der Waals surface area contributed by atoms with Crippen LogP contribution in [0.5, 0.6) is 0 Å². The Morgan fingerprint density at radius 3 is 2.07 bits per heavy atom. The molecule has 1 unspecified atom stereocenters. The standard InChI is InChI=1S/C24H24N2O2S/c27-23(28)16-15-22(17-18-7-3-1-4-8-18)26-24(29)25-21-13-11-20(12-14-21)19-9-5-2-6-10-19/h1-14,22H,15-17H2,(H,27,28)(H2,25,26,29). The predicted octanol–water partition coefficient (Wildman–Crippen LogP) is 5.12. The van der Waals surface area contributed by atoms with Crippen molar-refractivity contribution in [1.82, 2.24) is 5.32 Å². The Morgan fingerprint density at radius 2 is 1.45 bits per heavy atom. The van der Waals surface area contributed by atoms with Gasteiger partial charge in [-0.3, -0.25) is 4.79 Å². The van der Waals surface area contributed by atoms with E-state index in [1.165, 1.54) is 0 Å². The summed E-state index contributed by atoms with van der Waals surface area (Å²) < 4.78 is 0. The molecule has 29 heavy (non-hydrogen) atoms. The number of carboxylic acids is 1. The Balaban J connectivity index is 1.60. The summed E-state index contributed by atoms with van der Waals surface area (Å²) in [7, 11) is 0. The van der Waals surface area contributed by atoms with E-state index in [0.717, 1.165) is 22.4 Å². The minimum atomic E-state index is -0.805. The average Bonchev–Trinajstić information content (AvgIpc) is 2.74. The molecule has 0 aliphatic carbocycles. The van der Waals surface area contributed by atoms with Crippen molar-refractivity contribution in [2.75, 3.05) is 5.32 Å². The van der Waals surface area contributed by atoms with Crippen LogP contribution < -0.4 is 10.6 Å². The molecule has 4 nitrogen and oxygen atoms in total.